The van der Waals surface area contributed by atoms with Crippen LogP contribution in [0, 0.1) is 5.41 Å². The fourth-order valence-corrected chi connectivity index (χ4v) is 4.22. The predicted molar refractivity (Wildman–Crippen MR) is 65.7 cm³/mol. The Kier molecular flexibility index (Phi) is 3.51. The normalized spacial score (nSPS) is 33.6. The van der Waals surface area contributed by atoms with Crippen LogP contribution in [0.15, 0.2) is 0 Å². The summed E-state index contributed by atoms with van der Waals surface area (Å²) in [6.45, 7) is 4.54. The maximum Gasteiger partial charge on any atom is 0.280 e. The van der Waals surface area contributed by atoms with Gasteiger partial charge >= 0.3 is 0 Å². The zero-order valence-corrected chi connectivity index (χ0v) is 11.3. The van der Waals surface area contributed by atoms with Crippen molar-refractivity contribution in [3.8, 4) is 0 Å². The monoisotopic (exact) mass is 262 g/mol. The van der Waals surface area contributed by atoms with Crippen molar-refractivity contribution in [1.82, 2.24) is 9.03 Å². The Morgan fingerprint density at radius 1 is 1.41 bits per heavy atom. The van der Waals surface area contributed by atoms with Crippen LogP contribution in [0.2, 0.25) is 0 Å². The Morgan fingerprint density at radius 2 is 2.06 bits per heavy atom. The van der Waals surface area contributed by atoms with Gasteiger partial charge in [0.25, 0.3) is 10.2 Å². The third-order valence-corrected chi connectivity index (χ3v) is 5.58. The van der Waals surface area contributed by atoms with Gasteiger partial charge in [0.05, 0.1) is 6.61 Å². The SMILES string of the molecule is CC1(C)CC1NS(=O)(=O)N1CCCCC1CO. The maximum atomic E-state index is 12.2. The van der Waals surface area contributed by atoms with Crippen LogP contribution in [-0.2, 0) is 10.2 Å². The van der Waals surface area contributed by atoms with E-state index in [9.17, 15) is 13.5 Å². The molecule has 1 aliphatic carbocycles. The van der Waals surface area contributed by atoms with Gasteiger partial charge in [-0.2, -0.15) is 17.4 Å². The van der Waals surface area contributed by atoms with Crippen LogP contribution >= 0.6 is 0 Å². The van der Waals surface area contributed by atoms with Crippen molar-refractivity contribution in [3.05, 3.63) is 0 Å². The van der Waals surface area contributed by atoms with Gasteiger partial charge in [-0.1, -0.05) is 20.3 Å². The minimum Gasteiger partial charge on any atom is -0.395 e. The summed E-state index contributed by atoms with van der Waals surface area (Å²) < 4.78 is 28.6. The van der Waals surface area contributed by atoms with Crippen molar-refractivity contribution in [2.24, 2.45) is 5.41 Å². The average molecular weight is 262 g/mol. The first-order valence-corrected chi connectivity index (χ1v) is 7.71. The van der Waals surface area contributed by atoms with E-state index < -0.39 is 10.2 Å². The van der Waals surface area contributed by atoms with Crippen LogP contribution in [0.3, 0.4) is 0 Å². The second-order valence-corrected chi connectivity index (χ2v) is 7.47. The summed E-state index contributed by atoms with van der Waals surface area (Å²) >= 11 is 0. The Labute approximate surface area is 103 Å². The number of piperidine rings is 1. The summed E-state index contributed by atoms with van der Waals surface area (Å²) in [4.78, 5) is 0. The summed E-state index contributed by atoms with van der Waals surface area (Å²) in [6.07, 6.45) is 3.52. The molecule has 1 aliphatic heterocycles. The lowest BCUT2D eigenvalue weighted by atomic mass is 10.1. The Hall–Kier alpha value is -0.170. The Bertz CT molecular complexity index is 380. The standard InChI is InChI=1S/C11H22N2O3S/c1-11(2)7-10(11)12-17(15,16)13-6-4-3-5-9(13)8-14/h9-10,12,14H,3-8H2,1-2H3. The summed E-state index contributed by atoms with van der Waals surface area (Å²) in [7, 11) is -3.43. The molecule has 0 radical (unpaired) electrons. The fraction of sp³-hybridized carbons (Fsp3) is 1.00. The van der Waals surface area contributed by atoms with E-state index in [1.165, 1.54) is 4.31 Å². The molecule has 100 valence electrons. The smallest absolute Gasteiger partial charge is 0.280 e. The molecule has 0 bridgehead atoms. The first-order chi connectivity index (χ1) is 7.87. The molecule has 0 spiro atoms. The molecular weight excluding hydrogens is 240 g/mol. The van der Waals surface area contributed by atoms with Crippen LogP contribution in [0.25, 0.3) is 0 Å². The zero-order chi connectivity index (χ0) is 12.7. The topological polar surface area (TPSA) is 69.6 Å². The first kappa shape index (κ1) is 13.3. The molecule has 2 N–H and O–H groups in total. The lowest BCUT2D eigenvalue weighted by Gasteiger charge is -2.33. The van der Waals surface area contributed by atoms with Crippen molar-refractivity contribution in [1.29, 1.82) is 0 Å². The minimum atomic E-state index is -3.43. The van der Waals surface area contributed by atoms with Gasteiger partial charge in [-0.05, 0) is 24.7 Å². The molecule has 2 fully saturated rings. The van der Waals surface area contributed by atoms with E-state index in [0.717, 1.165) is 25.7 Å². The number of aliphatic hydroxyl groups excluding tert-OH is 1. The highest BCUT2D eigenvalue weighted by atomic mass is 32.2. The average Bonchev–Trinajstić information content (AvgIpc) is 2.85. The largest absolute Gasteiger partial charge is 0.395 e. The van der Waals surface area contributed by atoms with Gasteiger partial charge in [-0.15, -0.1) is 0 Å². The maximum absolute atomic E-state index is 12.2. The third kappa shape index (κ3) is 2.81. The van der Waals surface area contributed by atoms with Crippen molar-refractivity contribution in [2.75, 3.05) is 13.2 Å². The highest BCUT2D eigenvalue weighted by Gasteiger charge is 2.49. The number of nitrogens with one attached hydrogen (secondary N) is 1. The highest BCUT2D eigenvalue weighted by Crippen LogP contribution is 2.45. The van der Waals surface area contributed by atoms with Gasteiger partial charge in [-0.25, -0.2) is 0 Å². The molecule has 5 nitrogen and oxygen atoms in total. The highest BCUT2D eigenvalue weighted by molar-refractivity contribution is 7.87. The Morgan fingerprint density at radius 3 is 2.59 bits per heavy atom. The second-order valence-electron chi connectivity index (χ2n) is 5.81. The van der Waals surface area contributed by atoms with Crippen molar-refractivity contribution < 1.29 is 13.5 Å². The van der Waals surface area contributed by atoms with Crippen LogP contribution in [0.4, 0.5) is 0 Å². The van der Waals surface area contributed by atoms with E-state index in [1.54, 1.807) is 0 Å². The molecule has 0 aromatic heterocycles. The van der Waals surface area contributed by atoms with Gasteiger partial charge in [0.1, 0.15) is 0 Å². The van der Waals surface area contributed by atoms with E-state index in [0.29, 0.717) is 6.54 Å². The minimum absolute atomic E-state index is 0.0498. The van der Waals surface area contributed by atoms with Crippen LogP contribution < -0.4 is 4.72 Å². The molecule has 6 heteroatoms. The van der Waals surface area contributed by atoms with Crippen molar-refractivity contribution in [2.45, 2.75) is 51.6 Å². The summed E-state index contributed by atoms with van der Waals surface area (Å²) in [6, 6.07) is -0.197. The molecule has 17 heavy (non-hydrogen) atoms. The van der Waals surface area contributed by atoms with Crippen molar-refractivity contribution >= 4 is 10.2 Å². The second kappa shape index (κ2) is 4.50. The number of hydrogen-bond donors (Lipinski definition) is 2. The quantitative estimate of drug-likeness (QED) is 0.773. The van der Waals surface area contributed by atoms with E-state index in [-0.39, 0.29) is 24.1 Å². The van der Waals surface area contributed by atoms with Gasteiger partial charge in [0.2, 0.25) is 0 Å². The van der Waals surface area contributed by atoms with E-state index in [2.05, 4.69) is 18.6 Å². The molecule has 2 unspecified atom stereocenters. The van der Waals surface area contributed by atoms with Crippen molar-refractivity contribution in [3.63, 3.8) is 0 Å². The predicted octanol–water partition coefficient (Wildman–Crippen LogP) is 0.466. The van der Waals surface area contributed by atoms with Gasteiger partial charge in [0.15, 0.2) is 0 Å². The summed E-state index contributed by atoms with van der Waals surface area (Å²) in [5.74, 6) is 0. The van der Waals surface area contributed by atoms with Crippen LogP contribution in [0.1, 0.15) is 39.5 Å². The number of nitrogens with zero attached hydrogens (tertiary/aromatic N) is 1. The van der Waals surface area contributed by atoms with E-state index >= 15 is 0 Å². The van der Waals surface area contributed by atoms with E-state index in [1.807, 2.05) is 0 Å². The zero-order valence-electron chi connectivity index (χ0n) is 10.5. The molecule has 1 saturated heterocycles. The lowest BCUT2D eigenvalue weighted by Crippen LogP contribution is -2.51. The van der Waals surface area contributed by atoms with Gasteiger partial charge in [-0.3, -0.25) is 0 Å². The molecule has 0 amide bonds. The number of hydrogen-bond acceptors (Lipinski definition) is 3. The molecule has 0 aromatic rings. The number of rotatable bonds is 4. The molecule has 2 aliphatic rings. The summed E-state index contributed by atoms with van der Waals surface area (Å²) in [5, 5.41) is 9.24. The van der Waals surface area contributed by atoms with Gasteiger partial charge < -0.3 is 5.11 Å². The molecule has 2 atom stereocenters. The molecule has 2 rings (SSSR count). The molecule has 0 aromatic carbocycles. The van der Waals surface area contributed by atoms with Crippen LogP contribution in [0.5, 0.6) is 0 Å². The first-order valence-electron chi connectivity index (χ1n) is 6.27. The molecule has 1 saturated carbocycles. The molecule has 1 heterocycles. The number of aliphatic hydroxyl groups is 1. The lowest BCUT2D eigenvalue weighted by molar-refractivity contribution is 0.153. The van der Waals surface area contributed by atoms with E-state index in [4.69, 9.17) is 0 Å². The fourth-order valence-electron chi connectivity index (χ4n) is 2.39. The third-order valence-electron chi connectivity index (χ3n) is 3.90. The Balaban J connectivity index is 2.03. The molecular formula is C11H22N2O3S. The van der Waals surface area contributed by atoms with Gasteiger partial charge in [0, 0.05) is 18.6 Å². The van der Waals surface area contributed by atoms with Crippen LogP contribution in [-0.4, -0.2) is 43.1 Å². The summed E-state index contributed by atoms with van der Waals surface area (Å²) in [5.41, 5.74) is 0.0809.